The van der Waals surface area contributed by atoms with Gasteiger partial charge in [0.25, 0.3) is 0 Å². The molecule has 0 rings (SSSR count). The molecule has 0 bridgehead atoms. The molecule has 11 heteroatoms. The number of ether oxygens (including phenoxy) is 3. The van der Waals surface area contributed by atoms with E-state index >= 15 is 0 Å². The molecule has 11 nitrogen and oxygen atoms in total. The fraction of sp³-hybridized carbons (Fsp3) is 0.556. The molecule has 0 aromatic rings. The first-order valence-corrected chi connectivity index (χ1v) is 8.87. The SMILES string of the molecule is CC(COCCOCCOCC(C)NC(=O)/C=C\C(=O)O)NC(=O)/C=C\C(=O)O. The molecule has 4 N–H and O–H groups in total. The van der Waals surface area contributed by atoms with E-state index in [1.54, 1.807) is 13.8 Å². The number of carboxylic acids is 2. The summed E-state index contributed by atoms with van der Waals surface area (Å²) in [4.78, 5) is 43.3. The molecule has 0 saturated heterocycles. The predicted octanol–water partition coefficient (Wildman–Crippen LogP) is -0.673. The highest BCUT2D eigenvalue weighted by atomic mass is 16.5. The Labute approximate surface area is 168 Å². The van der Waals surface area contributed by atoms with Crippen molar-refractivity contribution in [1.29, 1.82) is 0 Å². The summed E-state index contributed by atoms with van der Waals surface area (Å²) in [5.74, 6) is -3.42. The molecule has 0 fully saturated rings. The van der Waals surface area contributed by atoms with Crippen molar-refractivity contribution in [3.05, 3.63) is 24.3 Å². The Bertz CT molecular complexity index is 540. The summed E-state index contributed by atoms with van der Waals surface area (Å²) in [5.41, 5.74) is 0. The second-order valence-corrected chi connectivity index (χ2v) is 5.92. The number of nitrogens with one attached hydrogen (secondary N) is 2. The van der Waals surface area contributed by atoms with Crippen LogP contribution in [0.25, 0.3) is 0 Å². The van der Waals surface area contributed by atoms with E-state index in [1.165, 1.54) is 0 Å². The maximum atomic E-state index is 11.4. The van der Waals surface area contributed by atoms with Crippen molar-refractivity contribution in [3.63, 3.8) is 0 Å². The van der Waals surface area contributed by atoms with Gasteiger partial charge in [0.1, 0.15) is 0 Å². The molecule has 0 aliphatic carbocycles. The largest absolute Gasteiger partial charge is 0.478 e. The number of carbonyl (C=O) groups is 4. The monoisotopic (exact) mass is 416 g/mol. The molecule has 2 amide bonds. The van der Waals surface area contributed by atoms with E-state index in [9.17, 15) is 19.2 Å². The van der Waals surface area contributed by atoms with Crippen LogP contribution in [0.4, 0.5) is 0 Å². The zero-order valence-corrected chi connectivity index (χ0v) is 16.5. The Morgan fingerprint density at radius 3 is 1.38 bits per heavy atom. The molecule has 0 aliphatic heterocycles. The summed E-state index contributed by atoms with van der Waals surface area (Å²) in [6.07, 6.45) is 3.37. The van der Waals surface area contributed by atoms with E-state index in [1.807, 2.05) is 0 Å². The molecular formula is C18H28N2O9. The normalized spacial score (nSPS) is 13.3. The molecule has 2 unspecified atom stereocenters. The van der Waals surface area contributed by atoms with Crippen LogP contribution in [-0.2, 0) is 33.4 Å². The van der Waals surface area contributed by atoms with Crippen LogP contribution in [0.1, 0.15) is 13.8 Å². The first-order chi connectivity index (χ1) is 13.7. The van der Waals surface area contributed by atoms with Crippen LogP contribution in [0.5, 0.6) is 0 Å². The lowest BCUT2D eigenvalue weighted by molar-refractivity contribution is -0.132. The minimum atomic E-state index is -1.20. The van der Waals surface area contributed by atoms with Gasteiger partial charge >= 0.3 is 11.9 Å². The Balaban J connectivity index is 3.59. The van der Waals surface area contributed by atoms with Gasteiger partial charge in [-0.3, -0.25) is 9.59 Å². The summed E-state index contributed by atoms with van der Waals surface area (Å²) in [5, 5.41) is 21.9. The van der Waals surface area contributed by atoms with Gasteiger partial charge in [-0.15, -0.1) is 0 Å². The summed E-state index contributed by atoms with van der Waals surface area (Å²) >= 11 is 0. The minimum absolute atomic E-state index is 0.250. The molecule has 29 heavy (non-hydrogen) atoms. The molecule has 2 atom stereocenters. The molecule has 0 heterocycles. The van der Waals surface area contributed by atoms with Gasteiger partial charge in [0.2, 0.25) is 11.8 Å². The average molecular weight is 416 g/mol. The van der Waals surface area contributed by atoms with Gasteiger partial charge in [-0.25, -0.2) is 9.59 Å². The van der Waals surface area contributed by atoms with Crippen LogP contribution in [-0.4, -0.2) is 85.7 Å². The molecule has 0 spiro atoms. The van der Waals surface area contributed by atoms with E-state index in [0.717, 1.165) is 24.3 Å². The second-order valence-electron chi connectivity index (χ2n) is 5.92. The predicted molar refractivity (Wildman–Crippen MR) is 101 cm³/mol. The number of carbonyl (C=O) groups excluding carboxylic acids is 2. The second kappa shape index (κ2) is 16.2. The lowest BCUT2D eigenvalue weighted by Gasteiger charge is -2.14. The van der Waals surface area contributed by atoms with Crippen molar-refractivity contribution >= 4 is 23.8 Å². The van der Waals surface area contributed by atoms with Gasteiger partial charge < -0.3 is 35.1 Å². The fourth-order valence-corrected chi connectivity index (χ4v) is 1.82. The van der Waals surface area contributed by atoms with E-state index in [0.29, 0.717) is 26.4 Å². The smallest absolute Gasteiger partial charge is 0.328 e. The zero-order valence-electron chi connectivity index (χ0n) is 16.5. The highest BCUT2D eigenvalue weighted by molar-refractivity contribution is 5.94. The van der Waals surface area contributed by atoms with Gasteiger partial charge in [0.15, 0.2) is 0 Å². The van der Waals surface area contributed by atoms with Crippen LogP contribution in [0.15, 0.2) is 24.3 Å². The molecule has 0 saturated carbocycles. The first-order valence-electron chi connectivity index (χ1n) is 8.87. The Morgan fingerprint density at radius 1 is 0.690 bits per heavy atom. The van der Waals surface area contributed by atoms with Gasteiger partial charge in [-0.2, -0.15) is 0 Å². The maximum Gasteiger partial charge on any atom is 0.328 e. The van der Waals surface area contributed by atoms with Crippen LogP contribution >= 0.6 is 0 Å². The molecule has 0 aromatic carbocycles. The zero-order chi connectivity index (χ0) is 22.1. The quantitative estimate of drug-likeness (QED) is 0.189. The number of aliphatic carboxylic acids is 2. The number of carboxylic acid groups (broad SMARTS) is 2. The standard InChI is InChI=1S/C18H28N2O9/c1-13(19-15(21)3-5-17(23)24)11-28-9-7-27-8-10-29-12-14(2)20-16(22)4-6-18(25)26/h3-6,13-14H,7-12H2,1-2H3,(H,19,21)(H,20,22)(H,23,24)(H,25,26)/b5-3-,6-4-. The van der Waals surface area contributed by atoms with Gasteiger partial charge in [-0.05, 0) is 13.8 Å². The Kier molecular flexibility index (Phi) is 14.7. The highest BCUT2D eigenvalue weighted by Gasteiger charge is 2.06. The number of rotatable bonds is 16. The van der Waals surface area contributed by atoms with Crippen molar-refractivity contribution in [3.8, 4) is 0 Å². The van der Waals surface area contributed by atoms with Gasteiger partial charge in [-0.1, -0.05) is 0 Å². The van der Waals surface area contributed by atoms with Crippen LogP contribution in [0, 0.1) is 0 Å². The van der Waals surface area contributed by atoms with Crippen molar-refractivity contribution in [1.82, 2.24) is 10.6 Å². The number of hydrogen-bond donors (Lipinski definition) is 4. The van der Waals surface area contributed by atoms with Crippen molar-refractivity contribution in [2.75, 3.05) is 39.6 Å². The van der Waals surface area contributed by atoms with Crippen LogP contribution < -0.4 is 10.6 Å². The number of amides is 2. The molecule has 164 valence electrons. The minimum Gasteiger partial charge on any atom is -0.478 e. The summed E-state index contributed by atoms with van der Waals surface area (Å²) in [6, 6.07) is -0.572. The van der Waals surface area contributed by atoms with E-state index < -0.39 is 23.8 Å². The van der Waals surface area contributed by atoms with Crippen molar-refractivity contribution < 1.29 is 43.6 Å². The van der Waals surface area contributed by atoms with E-state index in [-0.39, 0.29) is 25.3 Å². The summed E-state index contributed by atoms with van der Waals surface area (Å²) < 4.78 is 16.0. The summed E-state index contributed by atoms with van der Waals surface area (Å²) in [7, 11) is 0. The fourth-order valence-electron chi connectivity index (χ4n) is 1.82. The third-order valence-corrected chi connectivity index (χ3v) is 3.01. The van der Waals surface area contributed by atoms with Crippen LogP contribution in [0.3, 0.4) is 0 Å². The van der Waals surface area contributed by atoms with E-state index in [2.05, 4.69) is 10.6 Å². The third-order valence-electron chi connectivity index (χ3n) is 3.01. The topological polar surface area (TPSA) is 160 Å². The number of hydrogen-bond acceptors (Lipinski definition) is 7. The Morgan fingerprint density at radius 2 is 1.03 bits per heavy atom. The summed E-state index contributed by atoms with van der Waals surface area (Å²) in [6.45, 7) is 5.23. The van der Waals surface area contributed by atoms with Crippen LogP contribution in [0.2, 0.25) is 0 Å². The van der Waals surface area contributed by atoms with Gasteiger partial charge in [0, 0.05) is 36.4 Å². The van der Waals surface area contributed by atoms with E-state index in [4.69, 9.17) is 24.4 Å². The molecule has 0 radical (unpaired) electrons. The van der Waals surface area contributed by atoms with Crippen molar-refractivity contribution in [2.45, 2.75) is 25.9 Å². The molecule has 0 aliphatic rings. The highest BCUT2D eigenvalue weighted by Crippen LogP contribution is 1.89. The third kappa shape index (κ3) is 18.4. The van der Waals surface area contributed by atoms with Gasteiger partial charge in [0.05, 0.1) is 39.6 Å². The first kappa shape index (κ1) is 26.2. The average Bonchev–Trinajstić information content (AvgIpc) is 2.63. The Hall–Kier alpha value is -2.76. The lowest BCUT2D eigenvalue weighted by Crippen LogP contribution is -2.35. The lowest BCUT2D eigenvalue weighted by atomic mass is 10.3. The van der Waals surface area contributed by atoms with Crippen molar-refractivity contribution in [2.24, 2.45) is 0 Å². The molecule has 0 aromatic heterocycles. The molecular weight excluding hydrogens is 388 g/mol. The maximum absolute atomic E-state index is 11.4.